The van der Waals surface area contributed by atoms with E-state index in [9.17, 15) is 13.6 Å². The van der Waals surface area contributed by atoms with E-state index in [4.69, 9.17) is 34.8 Å². The molecule has 0 aliphatic rings. The molecule has 1 aromatic rings. The minimum atomic E-state index is -1.17. The lowest BCUT2D eigenvalue weighted by atomic mass is 10.2. The minimum absolute atomic E-state index is 0.496. The van der Waals surface area contributed by atoms with E-state index in [0.717, 1.165) is 0 Å². The van der Waals surface area contributed by atoms with Crippen LogP contribution in [-0.2, 0) is 0 Å². The summed E-state index contributed by atoms with van der Waals surface area (Å²) in [5, 5.41) is -2.37. The maximum absolute atomic E-state index is 12.9. The normalized spacial score (nSPS) is 10.2. The Kier molecular flexibility index (Phi) is 3.11. The summed E-state index contributed by atoms with van der Waals surface area (Å²) < 4.78 is 25.8. The van der Waals surface area contributed by atoms with E-state index in [2.05, 4.69) is 0 Å². The smallest absolute Gasteiger partial charge is 0.256 e. The standard InChI is InChI=1S/C7HCl3F2O/c8-2-1-3(11)4(7(10)13)5(9)6(2)12/h1H. The number of benzene rings is 1. The minimum Gasteiger partial charge on any atom is -0.275 e. The van der Waals surface area contributed by atoms with E-state index in [1.807, 2.05) is 0 Å². The predicted octanol–water partition coefficient (Wildman–Crippen LogP) is 3.65. The van der Waals surface area contributed by atoms with Crippen LogP contribution in [0.25, 0.3) is 0 Å². The summed E-state index contributed by atoms with van der Waals surface area (Å²) >= 11 is 15.5. The molecule has 1 rings (SSSR count). The Morgan fingerprint density at radius 2 is 1.85 bits per heavy atom. The first-order valence-corrected chi connectivity index (χ1v) is 4.11. The second-order valence-corrected chi connectivity index (χ2v) is 3.25. The van der Waals surface area contributed by atoms with Gasteiger partial charge >= 0.3 is 0 Å². The molecule has 0 atom stereocenters. The molecule has 1 aromatic carbocycles. The average molecular weight is 245 g/mol. The Balaban J connectivity index is 3.53. The summed E-state index contributed by atoms with van der Waals surface area (Å²) in [6, 6.07) is 0.637. The van der Waals surface area contributed by atoms with Crippen molar-refractivity contribution in [1.82, 2.24) is 0 Å². The summed E-state index contributed by atoms with van der Waals surface area (Å²) in [6.07, 6.45) is 0. The van der Waals surface area contributed by atoms with Gasteiger partial charge in [0.1, 0.15) is 5.82 Å². The Labute approximate surface area is 87.2 Å². The van der Waals surface area contributed by atoms with Gasteiger partial charge in [-0.1, -0.05) is 23.2 Å². The monoisotopic (exact) mass is 244 g/mol. The van der Waals surface area contributed by atoms with Crippen molar-refractivity contribution in [3.8, 4) is 0 Å². The van der Waals surface area contributed by atoms with E-state index < -0.39 is 32.5 Å². The third-order valence-electron chi connectivity index (χ3n) is 1.31. The fourth-order valence-corrected chi connectivity index (χ4v) is 1.50. The van der Waals surface area contributed by atoms with Gasteiger partial charge in [0, 0.05) is 0 Å². The van der Waals surface area contributed by atoms with Crippen molar-refractivity contribution in [3.05, 3.63) is 33.3 Å². The van der Waals surface area contributed by atoms with Crippen molar-refractivity contribution >= 4 is 40.0 Å². The molecule has 0 N–H and O–H groups in total. The summed E-state index contributed by atoms with van der Waals surface area (Å²) in [5.74, 6) is -2.11. The van der Waals surface area contributed by atoms with E-state index in [0.29, 0.717) is 6.07 Å². The number of halogens is 5. The fourth-order valence-electron chi connectivity index (χ4n) is 0.746. The lowest BCUT2D eigenvalue weighted by molar-refractivity contribution is 0.107. The van der Waals surface area contributed by atoms with E-state index in [-0.39, 0.29) is 0 Å². The predicted molar refractivity (Wildman–Crippen MR) is 46.6 cm³/mol. The van der Waals surface area contributed by atoms with Crippen LogP contribution in [0.5, 0.6) is 0 Å². The first-order valence-electron chi connectivity index (χ1n) is 2.98. The molecular weight excluding hydrogens is 244 g/mol. The summed E-state index contributed by atoms with van der Waals surface area (Å²) in [7, 11) is 0. The van der Waals surface area contributed by atoms with Gasteiger partial charge in [0.25, 0.3) is 5.24 Å². The first kappa shape index (κ1) is 10.7. The highest BCUT2D eigenvalue weighted by Gasteiger charge is 2.20. The molecule has 13 heavy (non-hydrogen) atoms. The Morgan fingerprint density at radius 3 is 2.31 bits per heavy atom. The lowest BCUT2D eigenvalue weighted by Crippen LogP contribution is -1.98. The van der Waals surface area contributed by atoms with Crippen molar-refractivity contribution < 1.29 is 13.6 Å². The van der Waals surface area contributed by atoms with Crippen molar-refractivity contribution in [2.75, 3.05) is 0 Å². The van der Waals surface area contributed by atoms with E-state index in [1.165, 1.54) is 0 Å². The van der Waals surface area contributed by atoms with Gasteiger partial charge in [0.2, 0.25) is 0 Å². The van der Waals surface area contributed by atoms with Crippen LogP contribution in [0.1, 0.15) is 10.4 Å². The van der Waals surface area contributed by atoms with E-state index in [1.54, 1.807) is 0 Å². The molecule has 0 unspecified atom stereocenters. The average Bonchev–Trinajstić information content (AvgIpc) is 1.99. The quantitative estimate of drug-likeness (QED) is 0.419. The summed E-state index contributed by atoms with van der Waals surface area (Å²) in [4.78, 5) is 10.6. The zero-order valence-corrected chi connectivity index (χ0v) is 8.14. The first-order chi connectivity index (χ1) is 5.95. The maximum Gasteiger partial charge on any atom is 0.256 e. The van der Waals surface area contributed by atoms with Gasteiger partial charge in [-0.2, -0.15) is 0 Å². The van der Waals surface area contributed by atoms with Crippen molar-refractivity contribution in [2.45, 2.75) is 0 Å². The highest BCUT2D eigenvalue weighted by atomic mass is 35.5. The van der Waals surface area contributed by atoms with Gasteiger partial charge in [0.05, 0.1) is 15.6 Å². The third-order valence-corrected chi connectivity index (χ3v) is 2.13. The molecule has 6 heteroatoms. The molecule has 1 nitrogen and oxygen atoms in total. The van der Waals surface area contributed by atoms with Crippen LogP contribution in [0, 0.1) is 11.6 Å². The van der Waals surface area contributed by atoms with Crippen molar-refractivity contribution in [1.29, 1.82) is 0 Å². The number of carbonyl (C=O) groups is 1. The van der Waals surface area contributed by atoms with E-state index >= 15 is 0 Å². The number of rotatable bonds is 1. The molecule has 0 amide bonds. The van der Waals surface area contributed by atoms with Crippen LogP contribution >= 0.6 is 34.8 Å². The summed E-state index contributed by atoms with van der Waals surface area (Å²) in [5.41, 5.74) is -0.703. The Morgan fingerprint density at radius 1 is 1.31 bits per heavy atom. The molecule has 0 spiro atoms. The van der Waals surface area contributed by atoms with Crippen LogP contribution in [0.15, 0.2) is 6.07 Å². The molecule has 0 aromatic heterocycles. The molecule has 0 aliphatic carbocycles. The van der Waals surface area contributed by atoms with Gasteiger partial charge < -0.3 is 0 Å². The third kappa shape index (κ3) is 1.93. The van der Waals surface area contributed by atoms with Crippen LogP contribution < -0.4 is 0 Å². The number of carbonyl (C=O) groups excluding carboxylic acids is 1. The fraction of sp³-hybridized carbons (Fsp3) is 0. The molecule has 0 bridgehead atoms. The Hall–Kier alpha value is -0.380. The molecule has 0 radical (unpaired) electrons. The topological polar surface area (TPSA) is 17.1 Å². The van der Waals surface area contributed by atoms with Crippen molar-refractivity contribution in [2.24, 2.45) is 0 Å². The van der Waals surface area contributed by atoms with Crippen LogP contribution in [0.3, 0.4) is 0 Å². The second kappa shape index (κ2) is 3.78. The van der Waals surface area contributed by atoms with Crippen LogP contribution in [0.4, 0.5) is 8.78 Å². The van der Waals surface area contributed by atoms with Crippen LogP contribution in [-0.4, -0.2) is 5.24 Å². The van der Waals surface area contributed by atoms with Crippen LogP contribution in [0.2, 0.25) is 10.0 Å². The Bertz CT molecular complexity index is 378. The number of hydrogen-bond donors (Lipinski definition) is 0. The molecule has 0 aliphatic heterocycles. The van der Waals surface area contributed by atoms with Gasteiger partial charge in [-0.3, -0.25) is 4.79 Å². The molecule has 0 heterocycles. The van der Waals surface area contributed by atoms with Gasteiger partial charge in [0.15, 0.2) is 5.82 Å². The largest absolute Gasteiger partial charge is 0.275 e. The zero-order chi connectivity index (χ0) is 10.2. The molecule has 0 fully saturated rings. The van der Waals surface area contributed by atoms with Crippen molar-refractivity contribution in [3.63, 3.8) is 0 Å². The highest BCUT2D eigenvalue weighted by Crippen LogP contribution is 2.29. The molecule has 0 saturated carbocycles. The molecule has 0 saturated heterocycles. The van der Waals surface area contributed by atoms with Gasteiger partial charge in [-0.25, -0.2) is 8.78 Å². The molecular formula is C7HCl3F2O. The van der Waals surface area contributed by atoms with Gasteiger partial charge in [-0.05, 0) is 17.7 Å². The second-order valence-electron chi connectivity index (χ2n) is 2.12. The molecule has 70 valence electrons. The highest BCUT2D eigenvalue weighted by molar-refractivity contribution is 6.68. The lowest BCUT2D eigenvalue weighted by Gasteiger charge is -2.02. The summed E-state index contributed by atoms with van der Waals surface area (Å²) in [6.45, 7) is 0. The maximum atomic E-state index is 12.9. The van der Waals surface area contributed by atoms with Gasteiger partial charge in [-0.15, -0.1) is 0 Å². The zero-order valence-electron chi connectivity index (χ0n) is 5.88. The number of hydrogen-bond acceptors (Lipinski definition) is 1. The SMILES string of the molecule is O=C(Cl)c1c(F)cc(Cl)c(F)c1Cl.